The van der Waals surface area contributed by atoms with Gasteiger partial charge < -0.3 is 11.1 Å². The van der Waals surface area contributed by atoms with E-state index in [4.69, 9.17) is 18.0 Å². The average molecular weight is 329 g/mol. The van der Waals surface area contributed by atoms with Crippen LogP contribution in [0.1, 0.15) is 19.4 Å². The zero-order valence-electron chi connectivity index (χ0n) is 10.7. The summed E-state index contributed by atoms with van der Waals surface area (Å²) in [7, 11) is 0. The van der Waals surface area contributed by atoms with Crippen LogP contribution in [-0.4, -0.2) is 10.9 Å². The number of nitrogens with two attached hydrogens (primary N) is 1. The summed E-state index contributed by atoms with van der Waals surface area (Å²) in [6, 6.07) is 5.73. The van der Waals surface area contributed by atoms with E-state index in [2.05, 4.69) is 21.2 Å². The lowest BCUT2D eigenvalue weighted by Gasteiger charge is -2.19. The minimum atomic E-state index is -0.445. The molecule has 18 heavy (non-hydrogen) atoms. The van der Waals surface area contributed by atoms with Crippen molar-refractivity contribution in [1.29, 1.82) is 0 Å². The monoisotopic (exact) mass is 328 g/mol. The molecule has 0 heterocycles. The summed E-state index contributed by atoms with van der Waals surface area (Å²) in [5.41, 5.74) is 7.42. The van der Waals surface area contributed by atoms with E-state index >= 15 is 0 Å². The smallest absolute Gasteiger partial charge is 0.234 e. The van der Waals surface area contributed by atoms with E-state index in [0.717, 1.165) is 15.7 Å². The summed E-state index contributed by atoms with van der Waals surface area (Å²) in [4.78, 5) is 12.4. The van der Waals surface area contributed by atoms with Gasteiger partial charge in [0.25, 0.3) is 0 Å². The maximum absolute atomic E-state index is 12.1. The van der Waals surface area contributed by atoms with Crippen molar-refractivity contribution < 1.29 is 4.79 Å². The van der Waals surface area contributed by atoms with Crippen LogP contribution >= 0.6 is 28.1 Å². The number of nitrogens with one attached hydrogen (secondary N) is 1. The van der Waals surface area contributed by atoms with Crippen LogP contribution in [-0.2, 0) is 4.79 Å². The first-order valence-electron chi connectivity index (χ1n) is 5.68. The number of carbonyl (C=O) groups excluding carboxylic acids is 1. The molecule has 3 nitrogen and oxygen atoms in total. The molecule has 0 saturated heterocycles. The van der Waals surface area contributed by atoms with Crippen LogP contribution in [0.25, 0.3) is 0 Å². The molecular formula is C13H17BrN2OS. The largest absolute Gasteiger partial charge is 0.393 e. The van der Waals surface area contributed by atoms with Crippen molar-refractivity contribution in [2.24, 2.45) is 17.6 Å². The molecule has 0 aliphatic carbocycles. The third kappa shape index (κ3) is 4.07. The summed E-state index contributed by atoms with van der Waals surface area (Å²) in [5.74, 6) is -0.523. The molecular weight excluding hydrogens is 312 g/mol. The molecule has 1 amide bonds. The van der Waals surface area contributed by atoms with Gasteiger partial charge in [0, 0.05) is 10.2 Å². The number of rotatable bonds is 4. The minimum Gasteiger partial charge on any atom is -0.393 e. The fourth-order valence-electron chi connectivity index (χ4n) is 1.79. The van der Waals surface area contributed by atoms with Gasteiger partial charge in [-0.15, -0.1) is 0 Å². The Hall–Kier alpha value is -0.940. The van der Waals surface area contributed by atoms with Gasteiger partial charge in [-0.25, -0.2) is 0 Å². The maximum atomic E-state index is 12.1. The SMILES string of the molecule is Cc1cc(Br)cc(NC(=O)C(C(N)=S)C(C)C)c1. The topological polar surface area (TPSA) is 55.1 Å². The second-order valence-corrected chi connectivity index (χ2v) is 6.02. The predicted molar refractivity (Wildman–Crippen MR) is 82.6 cm³/mol. The van der Waals surface area contributed by atoms with Gasteiger partial charge in [0.1, 0.15) is 0 Å². The normalized spacial score (nSPS) is 12.3. The molecule has 0 aliphatic heterocycles. The minimum absolute atomic E-state index is 0.0794. The third-order valence-corrected chi connectivity index (χ3v) is 3.28. The highest BCUT2D eigenvalue weighted by Crippen LogP contribution is 2.21. The summed E-state index contributed by atoms with van der Waals surface area (Å²) in [6.07, 6.45) is 0. The van der Waals surface area contributed by atoms with Crippen molar-refractivity contribution in [3.05, 3.63) is 28.2 Å². The van der Waals surface area contributed by atoms with E-state index in [9.17, 15) is 4.79 Å². The number of amides is 1. The molecule has 0 fully saturated rings. The van der Waals surface area contributed by atoms with E-state index < -0.39 is 5.92 Å². The third-order valence-electron chi connectivity index (χ3n) is 2.57. The van der Waals surface area contributed by atoms with Crippen molar-refractivity contribution in [2.75, 3.05) is 5.32 Å². The number of hydrogen-bond acceptors (Lipinski definition) is 2. The molecule has 0 aromatic heterocycles. The van der Waals surface area contributed by atoms with Crippen molar-refractivity contribution in [3.8, 4) is 0 Å². The molecule has 3 N–H and O–H groups in total. The van der Waals surface area contributed by atoms with Crippen LogP contribution in [0.3, 0.4) is 0 Å². The first kappa shape index (κ1) is 15.1. The number of aryl methyl sites for hydroxylation is 1. The lowest BCUT2D eigenvalue weighted by Crippen LogP contribution is -2.36. The van der Waals surface area contributed by atoms with Crippen LogP contribution in [0.2, 0.25) is 0 Å². The van der Waals surface area contributed by atoms with Crippen molar-refractivity contribution in [3.63, 3.8) is 0 Å². The number of hydrogen-bond donors (Lipinski definition) is 2. The second kappa shape index (κ2) is 6.29. The Balaban J connectivity index is 2.89. The molecule has 5 heteroatoms. The van der Waals surface area contributed by atoms with Crippen LogP contribution in [0.15, 0.2) is 22.7 Å². The Morgan fingerprint density at radius 1 is 1.39 bits per heavy atom. The lowest BCUT2D eigenvalue weighted by molar-refractivity contribution is -0.118. The number of halogens is 1. The molecule has 0 bridgehead atoms. The molecule has 0 saturated carbocycles. The van der Waals surface area contributed by atoms with Gasteiger partial charge in [0.2, 0.25) is 5.91 Å². The molecule has 1 aromatic rings. The van der Waals surface area contributed by atoms with Crippen LogP contribution < -0.4 is 11.1 Å². The van der Waals surface area contributed by atoms with Crippen molar-refractivity contribution in [2.45, 2.75) is 20.8 Å². The standard InChI is InChI=1S/C13H17BrN2OS/c1-7(2)11(12(15)18)13(17)16-10-5-8(3)4-9(14)6-10/h4-7,11H,1-3H3,(H2,15,18)(H,16,17). The van der Waals surface area contributed by atoms with E-state index in [1.807, 2.05) is 39.0 Å². The average Bonchev–Trinajstić information content (AvgIpc) is 2.13. The van der Waals surface area contributed by atoms with E-state index in [1.165, 1.54) is 0 Å². The molecule has 0 radical (unpaired) electrons. The van der Waals surface area contributed by atoms with E-state index in [-0.39, 0.29) is 16.8 Å². The maximum Gasteiger partial charge on any atom is 0.234 e. The van der Waals surface area contributed by atoms with Crippen molar-refractivity contribution in [1.82, 2.24) is 0 Å². The zero-order valence-corrected chi connectivity index (χ0v) is 13.1. The second-order valence-electron chi connectivity index (χ2n) is 4.63. The lowest BCUT2D eigenvalue weighted by atomic mass is 9.95. The Morgan fingerprint density at radius 2 is 2.00 bits per heavy atom. The molecule has 1 rings (SSSR count). The molecule has 1 unspecified atom stereocenters. The van der Waals surface area contributed by atoms with E-state index in [1.54, 1.807) is 0 Å². The fraction of sp³-hybridized carbons (Fsp3) is 0.385. The molecule has 1 aromatic carbocycles. The Morgan fingerprint density at radius 3 is 2.44 bits per heavy atom. The highest BCUT2D eigenvalue weighted by molar-refractivity contribution is 9.10. The van der Waals surface area contributed by atoms with Gasteiger partial charge in [0.15, 0.2) is 0 Å². The van der Waals surface area contributed by atoms with Crippen LogP contribution in [0.5, 0.6) is 0 Å². The number of thiocarbonyl (C=S) groups is 1. The first-order valence-corrected chi connectivity index (χ1v) is 6.88. The predicted octanol–water partition coefficient (Wildman–Crippen LogP) is 3.25. The van der Waals surface area contributed by atoms with Crippen LogP contribution in [0.4, 0.5) is 5.69 Å². The molecule has 98 valence electrons. The number of benzene rings is 1. The Kier molecular flexibility index (Phi) is 5.28. The zero-order chi connectivity index (χ0) is 13.9. The van der Waals surface area contributed by atoms with Gasteiger partial charge >= 0.3 is 0 Å². The Bertz CT molecular complexity index is 454. The van der Waals surface area contributed by atoms with E-state index in [0.29, 0.717) is 0 Å². The number of anilines is 1. The first-order chi connectivity index (χ1) is 8.31. The van der Waals surface area contributed by atoms with Gasteiger partial charge in [-0.1, -0.05) is 42.0 Å². The fourth-order valence-corrected chi connectivity index (χ4v) is 2.78. The van der Waals surface area contributed by atoms with Gasteiger partial charge in [-0.2, -0.15) is 0 Å². The highest BCUT2D eigenvalue weighted by atomic mass is 79.9. The van der Waals surface area contributed by atoms with Crippen molar-refractivity contribution >= 4 is 44.7 Å². The summed E-state index contributed by atoms with van der Waals surface area (Å²) >= 11 is 8.34. The quantitative estimate of drug-likeness (QED) is 0.834. The van der Waals surface area contributed by atoms with Gasteiger partial charge in [-0.3, -0.25) is 4.79 Å². The summed E-state index contributed by atoms with van der Waals surface area (Å²) in [5, 5.41) is 2.85. The summed E-state index contributed by atoms with van der Waals surface area (Å²) in [6.45, 7) is 5.82. The molecule has 0 spiro atoms. The Labute approximate surface area is 121 Å². The molecule has 0 aliphatic rings. The summed E-state index contributed by atoms with van der Waals surface area (Å²) < 4.78 is 0.925. The highest BCUT2D eigenvalue weighted by Gasteiger charge is 2.25. The van der Waals surface area contributed by atoms with Gasteiger partial charge in [-0.05, 0) is 36.6 Å². The van der Waals surface area contributed by atoms with Gasteiger partial charge in [0.05, 0.1) is 10.9 Å². The van der Waals surface area contributed by atoms with Crippen LogP contribution in [0, 0.1) is 18.8 Å². The number of carbonyl (C=O) groups is 1. The molecule has 1 atom stereocenters.